The van der Waals surface area contributed by atoms with Crippen LogP contribution in [0.15, 0.2) is 59.6 Å². The highest BCUT2D eigenvalue weighted by Gasteiger charge is 2.38. The molecule has 1 aliphatic heterocycles. The van der Waals surface area contributed by atoms with Crippen LogP contribution in [0.5, 0.6) is 0 Å². The molecule has 1 saturated heterocycles. The molecule has 2 atom stereocenters. The van der Waals surface area contributed by atoms with Crippen molar-refractivity contribution in [2.45, 2.75) is 38.4 Å². The van der Waals surface area contributed by atoms with Gasteiger partial charge in [-0.15, -0.1) is 0 Å². The van der Waals surface area contributed by atoms with Crippen molar-refractivity contribution in [3.63, 3.8) is 0 Å². The summed E-state index contributed by atoms with van der Waals surface area (Å²) in [7, 11) is 0. The van der Waals surface area contributed by atoms with E-state index in [1.165, 1.54) is 23.1 Å². The molecule has 154 valence electrons. The summed E-state index contributed by atoms with van der Waals surface area (Å²) in [6.45, 7) is 8.32. The Labute approximate surface area is 174 Å². The lowest BCUT2D eigenvalue weighted by Gasteiger charge is -2.27. The van der Waals surface area contributed by atoms with Crippen LogP contribution in [0.1, 0.15) is 36.0 Å². The fourth-order valence-electron chi connectivity index (χ4n) is 3.95. The molecular formula is C24H32N4O. The molecule has 2 aromatic carbocycles. The Bertz CT molecular complexity index is 802. The molecule has 1 heterocycles. The second-order valence-electron chi connectivity index (χ2n) is 7.86. The van der Waals surface area contributed by atoms with Gasteiger partial charge in [0.05, 0.1) is 19.8 Å². The van der Waals surface area contributed by atoms with E-state index in [1.54, 1.807) is 0 Å². The van der Waals surface area contributed by atoms with Crippen molar-refractivity contribution < 1.29 is 4.74 Å². The number of aliphatic imine (C=N–C) groups is 1. The molecular weight excluding hydrogens is 360 g/mol. The SMILES string of the molecule is CCNC(=NCc1ccccc1CN1CCOCC1)NC1CC1c1ccccc1. The van der Waals surface area contributed by atoms with Gasteiger partial charge in [0, 0.05) is 38.1 Å². The molecule has 5 nitrogen and oxygen atoms in total. The number of ether oxygens (including phenoxy) is 1. The Hall–Kier alpha value is -2.37. The largest absolute Gasteiger partial charge is 0.379 e. The third-order valence-electron chi connectivity index (χ3n) is 5.71. The fraction of sp³-hybridized carbons (Fsp3) is 0.458. The van der Waals surface area contributed by atoms with Crippen molar-refractivity contribution in [3.8, 4) is 0 Å². The fourth-order valence-corrected chi connectivity index (χ4v) is 3.95. The average molecular weight is 393 g/mol. The van der Waals surface area contributed by atoms with Gasteiger partial charge in [0.25, 0.3) is 0 Å². The topological polar surface area (TPSA) is 48.9 Å². The number of nitrogens with one attached hydrogen (secondary N) is 2. The standard InChI is InChI=1S/C24H32N4O/c1-2-25-24(27-23-16-22(23)19-8-4-3-5-9-19)26-17-20-10-6-7-11-21(20)18-28-12-14-29-15-13-28/h3-11,22-23H,2,12-18H2,1H3,(H2,25,26,27). The predicted octanol–water partition coefficient (Wildman–Crippen LogP) is 3.13. The minimum Gasteiger partial charge on any atom is -0.379 e. The number of nitrogens with zero attached hydrogens (tertiary/aromatic N) is 2. The van der Waals surface area contributed by atoms with Crippen LogP contribution < -0.4 is 10.6 Å². The lowest BCUT2D eigenvalue weighted by Crippen LogP contribution is -2.39. The van der Waals surface area contributed by atoms with Crippen LogP contribution in [-0.2, 0) is 17.8 Å². The molecule has 0 amide bonds. The highest BCUT2D eigenvalue weighted by molar-refractivity contribution is 5.80. The summed E-state index contributed by atoms with van der Waals surface area (Å²) < 4.78 is 5.48. The maximum Gasteiger partial charge on any atom is 0.191 e. The molecule has 4 rings (SSSR count). The number of morpholine rings is 1. The van der Waals surface area contributed by atoms with Gasteiger partial charge < -0.3 is 15.4 Å². The summed E-state index contributed by atoms with van der Waals surface area (Å²) >= 11 is 0. The summed E-state index contributed by atoms with van der Waals surface area (Å²) in [6, 6.07) is 19.9. The van der Waals surface area contributed by atoms with Crippen LogP contribution in [-0.4, -0.2) is 49.7 Å². The molecule has 0 spiro atoms. The van der Waals surface area contributed by atoms with Crippen LogP contribution >= 0.6 is 0 Å². The second kappa shape index (κ2) is 9.90. The van der Waals surface area contributed by atoms with Crippen molar-refractivity contribution in [1.82, 2.24) is 15.5 Å². The molecule has 5 heteroatoms. The second-order valence-corrected chi connectivity index (χ2v) is 7.86. The Kier molecular flexibility index (Phi) is 6.80. The van der Waals surface area contributed by atoms with Crippen molar-refractivity contribution in [3.05, 3.63) is 71.3 Å². The van der Waals surface area contributed by atoms with E-state index < -0.39 is 0 Å². The van der Waals surface area contributed by atoms with E-state index in [0.717, 1.165) is 45.4 Å². The molecule has 1 saturated carbocycles. The quantitative estimate of drug-likeness (QED) is 0.561. The molecule has 0 radical (unpaired) electrons. The molecule has 2 aliphatic rings. The van der Waals surface area contributed by atoms with E-state index in [9.17, 15) is 0 Å². The van der Waals surface area contributed by atoms with Crippen LogP contribution in [0.25, 0.3) is 0 Å². The Morgan fingerprint density at radius 1 is 1.03 bits per heavy atom. The summed E-state index contributed by atoms with van der Waals surface area (Å²) in [5.74, 6) is 1.51. The zero-order chi connectivity index (χ0) is 19.9. The van der Waals surface area contributed by atoms with Crippen molar-refractivity contribution in [2.24, 2.45) is 4.99 Å². The van der Waals surface area contributed by atoms with Crippen molar-refractivity contribution in [1.29, 1.82) is 0 Å². The molecule has 0 bridgehead atoms. The highest BCUT2D eigenvalue weighted by atomic mass is 16.5. The summed E-state index contributed by atoms with van der Waals surface area (Å²) in [4.78, 5) is 7.36. The summed E-state index contributed by atoms with van der Waals surface area (Å²) in [5.41, 5.74) is 4.07. The van der Waals surface area contributed by atoms with Gasteiger partial charge in [-0.05, 0) is 30.0 Å². The zero-order valence-electron chi connectivity index (χ0n) is 17.3. The monoisotopic (exact) mass is 392 g/mol. The van der Waals surface area contributed by atoms with E-state index >= 15 is 0 Å². The lowest BCUT2D eigenvalue weighted by atomic mass is 10.1. The molecule has 2 fully saturated rings. The number of guanidine groups is 1. The molecule has 2 N–H and O–H groups in total. The van der Waals surface area contributed by atoms with Gasteiger partial charge in [-0.25, -0.2) is 4.99 Å². The van der Waals surface area contributed by atoms with Crippen LogP contribution in [0, 0.1) is 0 Å². The number of benzene rings is 2. The predicted molar refractivity (Wildman–Crippen MR) is 118 cm³/mol. The number of hydrogen-bond donors (Lipinski definition) is 2. The first-order valence-corrected chi connectivity index (χ1v) is 10.8. The maximum absolute atomic E-state index is 5.48. The van der Waals surface area contributed by atoms with E-state index in [0.29, 0.717) is 18.5 Å². The summed E-state index contributed by atoms with van der Waals surface area (Å²) in [5, 5.41) is 7.03. The zero-order valence-corrected chi connectivity index (χ0v) is 17.3. The maximum atomic E-state index is 5.48. The molecule has 1 aliphatic carbocycles. The minimum atomic E-state index is 0.471. The van der Waals surface area contributed by atoms with E-state index in [4.69, 9.17) is 9.73 Å². The van der Waals surface area contributed by atoms with Crippen LogP contribution in [0.3, 0.4) is 0 Å². The van der Waals surface area contributed by atoms with Gasteiger partial charge in [-0.1, -0.05) is 54.6 Å². The highest BCUT2D eigenvalue weighted by Crippen LogP contribution is 2.40. The summed E-state index contributed by atoms with van der Waals surface area (Å²) in [6.07, 6.45) is 1.17. The Balaban J connectivity index is 1.38. The molecule has 2 aromatic rings. The van der Waals surface area contributed by atoms with Gasteiger partial charge >= 0.3 is 0 Å². The normalized spacial score (nSPS) is 22.3. The van der Waals surface area contributed by atoms with Crippen molar-refractivity contribution >= 4 is 5.96 Å². The van der Waals surface area contributed by atoms with Gasteiger partial charge in [-0.3, -0.25) is 4.90 Å². The van der Waals surface area contributed by atoms with Crippen molar-refractivity contribution in [2.75, 3.05) is 32.8 Å². The van der Waals surface area contributed by atoms with E-state index in [2.05, 4.69) is 77.1 Å². The molecule has 2 unspecified atom stereocenters. The van der Waals surface area contributed by atoms with Crippen LogP contribution in [0.2, 0.25) is 0 Å². The number of hydrogen-bond acceptors (Lipinski definition) is 3. The Morgan fingerprint density at radius 2 is 1.76 bits per heavy atom. The smallest absolute Gasteiger partial charge is 0.191 e. The molecule has 0 aromatic heterocycles. The van der Waals surface area contributed by atoms with Gasteiger partial charge in [0.15, 0.2) is 5.96 Å². The first-order chi connectivity index (χ1) is 14.3. The van der Waals surface area contributed by atoms with Gasteiger partial charge in [-0.2, -0.15) is 0 Å². The van der Waals surface area contributed by atoms with Gasteiger partial charge in [0.2, 0.25) is 0 Å². The van der Waals surface area contributed by atoms with Crippen LogP contribution in [0.4, 0.5) is 0 Å². The third-order valence-corrected chi connectivity index (χ3v) is 5.71. The third kappa shape index (κ3) is 5.58. The number of rotatable bonds is 7. The van der Waals surface area contributed by atoms with E-state index in [1.807, 2.05) is 0 Å². The first-order valence-electron chi connectivity index (χ1n) is 10.8. The first kappa shape index (κ1) is 19.9. The minimum absolute atomic E-state index is 0.471. The van der Waals surface area contributed by atoms with E-state index in [-0.39, 0.29) is 0 Å². The molecule has 29 heavy (non-hydrogen) atoms. The van der Waals surface area contributed by atoms with Gasteiger partial charge in [0.1, 0.15) is 0 Å². The Morgan fingerprint density at radius 3 is 2.52 bits per heavy atom. The average Bonchev–Trinajstić information content (AvgIpc) is 3.54. The lowest BCUT2D eigenvalue weighted by molar-refractivity contribution is 0.0341.